The van der Waals surface area contributed by atoms with Crippen LogP contribution in [0.3, 0.4) is 0 Å². The predicted octanol–water partition coefficient (Wildman–Crippen LogP) is 4.74. The Labute approximate surface area is 153 Å². The number of hydrogen-bond donors (Lipinski definition) is 0. The molecule has 0 amide bonds. The van der Waals surface area contributed by atoms with Gasteiger partial charge in [-0.2, -0.15) is 0 Å². The van der Waals surface area contributed by atoms with Crippen LogP contribution in [0.4, 0.5) is 5.69 Å². The van der Waals surface area contributed by atoms with Gasteiger partial charge in [0.15, 0.2) is 11.9 Å². The lowest BCUT2D eigenvalue weighted by Crippen LogP contribution is -2.09. The summed E-state index contributed by atoms with van der Waals surface area (Å²) in [6.07, 6.45) is -0.504. The van der Waals surface area contributed by atoms with E-state index in [2.05, 4.69) is 17.0 Å². The molecule has 3 nitrogen and oxygen atoms in total. The van der Waals surface area contributed by atoms with Crippen LogP contribution in [0.2, 0.25) is 0 Å². The average Bonchev–Trinajstić information content (AvgIpc) is 3.49. The number of carbonyl (C=O) groups excluding carboxylic acids is 1. The van der Waals surface area contributed by atoms with Gasteiger partial charge in [-0.05, 0) is 28.8 Å². The molecule has 0 saturated carbocycles. The molecular formula is C23H21NO2. The van der Waals surface area contributed by atoms with Crippen molar-refractivity contribution in [3.05, 3.63) is 90.0 Å². The molecule has 0 aliphatic carbocycles. The molecule has 1 heterocycles. The monoisotopic (exact) mass is 343 g/mol. The van der Waals surface area contributed by atoms with E-state index in [-0.39, 0.29) is 18.0 Å². The first-order chi connectivity index (χ1) is 12.6. The maximum absolute atomic E-state index is 12.7. The van der Waals surface area contributed by atoms with Gasteiger partial charge in [0, 0.05) is 25.3 Å². The number of anilines is 1. The van der Waals surface area contributed by atoms with Crippen LogP contribution < -0.4 is 4.90 Å². The van der Waals surface area contributed by atoms with E-state index in [0.717, 1.165) is 22.4 Å². The van der Waals surface area contributed by atoms with Crippen molar-refractivity contribution in [2.75, 3.05) is 19.0 Å². The van der Waals surface area contributed by atoms with E-state index >= 15 is 0 Å². The summed E-state index contributed by atoms with van der Waals surface area (Å²) in [4.78, 5) is 14.7. The number of nitrogens with zero attached hydrogens (tertiary/aromatic N) is 1. The van der Waals surface area contributed by atoms with Crippen LogP contribution in [-0.4, -0.2) is 26.0 Å². The minimum absolute atomic E-state index is 0.0475. The van der Waals surface area contributed by atoms with Crippen molar-refractivity contribution in [1.29, 1.82) is 0 Å². The zero-order valence-corrected chi connectivity index (χ0v) is 14.9. The molecule has 1 fully saturated rings. The van der Waals surface area contributed by atoms with Gasteiger partial charge in [-0.1, -0.05) is 66.7 Å². The molecule has 26 heavy (non-hydrogen) atoms. The summed E-state index contributed by atoms with van der Waals surface area (Å²) in [6, 6.07) is 26.1. The highest BCUT2D eigenvalue weighted by atomic mass is 16.6. The molecule has 1 saturated heterocycles. The molecule has 3 aromatic carbocycles. The van der Waals surface area contributed by atoms with Gasteiger partial charge in [-0.3, -0.25) is 4.79 Å². The molecule has 4 rings (SSSR count). The van der Waals surface area contributed by atoms with Gasteiger partial charge in [0.05, 0.1) is 0 Å². The lowest BCUT2D eigenvalue weighted by atomic mass is 9.99. The van der Waals surface area contributed by atoms with Crippen molar-refractivity contribution in [3.63, 3.8) is 0 Å². The Morgan fingerprint density at radius 1 is 0.808 bits per heavy atom. The fourth-order valence-corrected chi connectivity index (χ4v) is 3.15. The Balaban J connectivity index is 1.45. The highest BCUT2D eigenvalue weighted by molar-refractivity contribution is 6.01. The maximum atomic E-state index is 12.7. The number of hydrogen-bond acceptors (Lipinski definition) is 3. The molecule has 0 N–H and O–H groups in total. The summed E-state index contributed by atoms with van der Waals surface area (Å²) >= 11 is 0. The Kier molecular flexibility index (Phi) is 4.31. The molecule has 3 heteroatoms. The summed E-state index contributed by atoms with van der Waals surface area (Å²) in [6.45, 7) is 0. The third kappa shape index (κ3) is 3.26. The third-order valence-corrected chi connectivity index (χ3v) is 4.76. The van der Waals surface area contributed by atoms with E-state index in [0.29, 0.717) is 5.56 Å². The lowest BCUT2D eigenvalue weighted by molar-refractivity contribution is 0.0953. The molecule has 0 unspecified atom stereocenters. The van der Waals surface area contributed by atoms with Gasteiger partial charge in [0.25, 0.3) is 0 Å². The van der Waals surface area contributed by atoms with Gasteiger partial charge in [-0.15, -0.1) is 0 Å². The van der Waals surface area contributed by atoms with Crippen molar-refractivity contribution in [2.24, 2.45) is 0 Å². The Morgan fingerprint density at radius 2 is 1.42 bits per heavy atom. The van der Waals surface area contributed by atoms with E-state index in [9.17, 15) is 4.79 Å². The fourth-order valence-electron chi connectivity index (χ4n) is 3.15. The molecule has 2 atom stereocenters. The number of Topliss-reactive ketones (excluding diaryl/α,β-unsaturated/α-hetero) is 1. The SMILES string of the molecule is CN(C)c1ccc([C@H]2O[C@@H]2C(=O)c2ccc(-c3ccccc3)cc2)cc1. The van der Waals surface area contributed by atoms with Crippen LogP contribution >= 0.6 is 0 Å². The van der Waals surface area contributed by atoms with E-state index in [1.807, 2.05) is 80.8 Å². The number of epoxide rings is 1. The highest BCUT2D eigenvalue weighted by Gasteiger charge is 2.46. The van der Waals surface area contributed by atoms with E-state index in [4.69, 9.17) is 4.74 Å². The second-order valence-electron chi connectivity index (χ2n) is 6.77. The number of rotatable bonds is 5. The first-order valence-corrected chi connectivity index (χ1v) is 8.76. The molecule has 1 aliphatic rings. The quantitative estimate of drug-likeness (QED) is 0.495. The maximum Gasteiger partial charge on any atom is 0.194 e. The topological polar surface area (TPSA) is 32.8 Å². The number of ether oxygens (including phenoxy) is 1. The van der Waals surface area contributed by atoms with Crippen LogP contribution in [0, 0.1) is 0 Å². The average molecular weight is 343 g/mol. The van der Waals surface area contributed by atoms with Gasteiger partial charge >= 0.3 is 0 Å². The van der Waals surface area contributed by atoms with Crippen LogP contribution in [0.1, 0.15) is 22.0 Å². The Hall–Kier alpha value is -2.91. The number of benzene rings is 3. The van der Waals surface area contributed by atoms with Crippen molar-refractivity contribution in [3.8, 4) is 11.1 Å². The first-order valence-electron chi connectivity index (χ1n) is 8.76. The summed E-state index contributed by atoms with van der Waals surface area (Å²) < 4.78 is 5.67. The van der Waals surface area contributed by atoms with E-state index in [1.54, 1.807) is 0 Å². The minimum atomic E-state index is -0.372. The first kappa shape index (κ1) is 16.6. The number of carbonyl (C=O) groups is 1. The number of ketones is 1. The van der Waals surface area contributed by atoms with Crippen molar-refractivity contribution < 1.29 is 9.53 Å². The van der Waals surface area contributed by atoms with Crippen molar-refractivity contribution in [1.82, 2.24) is 0 Å². The summed E-state index contributed by atoms with van der Waals surface area (Å²) in [5, 5.41) is 0. The van der Waals surface area contributed by atoms with Crippen LogP contribution in [0.25, 0.3) is 11.1 Å². The second-order valence-corrected chi connectivity index (χ2v) is 6.77. The molecule has 0 bridgehead atoms. The van der Waals surface area contributed by atoms with Crippen molar-refractivity contribution >= 4 is 11.5 Å². The highest BCUT2D eigenvalue weighted by Crippen LogP contribution is 2.41. The molecule has 0 aromatic heterocycles. The zero-order valence-electron chi connectivity index (χ0n) is 14.9. The van der Waals surface area contributed by atoms with E-state index < -0.39 is 0 Å². The smallest absolute Gasteiger partial charge is 0.194 e. The van der Waals surface area contributed by atoms with Crippen LogP contribution in [-0.2, 0) is 4.74 Å². The third-order valence-electron chi connectivity index (χ3n) is 4.76. The van der Waals surface area contributed by atoms with Crippen molar-refractivity contribution in [2.45, 2.75) is 12.2 Å². The minimum Gasteiger partial charge on any atom is -0.378 e. The molecular weight excluding hydrogens is 322 g/mol. The normalized spacial score (nSPS) is 18.4. The van der Waals surface area contributed by atoms with Gasteiger partial charge in [0.1, 0.15) is 6.10 Å². The summed E-state index contributed by atoms with van der Waals surface area (Å²) in [5.41, 5.74) is 5.13. The molecule has 3 aromatic rings. The summed E-state index contributed by atoms with van der Waals surface area (Å²) in [7, 11) is 4.02. The Bertz CT molecular complexity index is 899. The molecule has 1 aliphatic heterocycles. The van der Waals surface area contributed by atoms with Gasteiger partial charge < -0.3 is 9.64 Å². The summed E-state index contributed by atoms with van der Waals surface area (Å²) in [5.74, 6) is 0.0475. The zero-order chi connectivity index (χ0) is 18.1. The Morgan fingerprint density at radius 3 is 2.04 bits per heavy atom. The van der Waals surface area contributed by atoms with Crippen LogP contribution in [0.15, 0.2) is 78.9 Å². The lowest BCUT2D eigenvalue weighted by Gasteiger charge is -2.12. The molecule has 130 valence electrons. The molecule has 0 spiro atoms. The predicted molar refractivity (Wildman–Crippen MR) is 105 cm³/mol. The fraction of sp³-hybridized carbons (Fsp3) is 0.174. The van der Waals surface area contributed by atoms with Gasteiger partial charge in [-0.25, -0.2) is 0 Å². The second kappa shape index (κ2) is 6.77. The van der Waals surface area contributed by atoms with E-state index in [1.165, 1.54) is 0 Å². The van der Waals surface area contributed by atoms with Crippen LogP contribution in [0.5, 0.6) is 0 Å². The largest absolute Gasteiger partial charge is 0.378 e. The molecule has 0 radical (unpaired) electrons. The van der Waals surface area contributed by atoms with Gasteiger partial charge in [0.2, 0.25) is 0 Å². The standard InChI is InChI=1S/C23H21NO2/c1-24(2)20-14-12-19(13-15-20)22-23(26-22)21(25)18-10-8-17(9-11-18)16-6-4-3-5-7-16/h3-15,22-23H,1-2H3/t22-,23-/m1/s1.